The molecule has 0 spiro atoms. The van der Waals surface area contributed by atoms with Gasteiger partial charge in [0.25, 0.3) is 0 Å². The van der Waals surface area contributed by atoms with Gasteiger partial charge in [-0.3, -0.25) is 4.79 Å². The summed E-state index contributed by atoms with van der Waals surface area (Å²) in [5.41, 5.74) is 2.85. The predicted molar refractivity (Wildman–Crippen MR) is 93.5 cm³/mol. The summed E-state index contributed by atoms with van der Waals surface area (Å²) >= 11 is 0. The number of ether oxygens (including phenoxy) is 1. The van der Waals surface area contributed by atoms with Crippen LogP contribution in [0.4, 0.5) is 0 Å². The van der Waals surface area contributed by atoms with Crippen LogP contribution in [0.2, 0.25) is 0 Å². The third-order valence-corrected chi connectivity index (χ3v) is 4.80. The number of carbonyl (C=O) groups excluding carboxylic acids is 1. The van der Waals surface area contributed by atoms with Gasteiger partial charge in [0.05, 0.1) is 13.0 Å². The molecular weight excluding hydrogens is 318 g/mol. The Kier molecular flexibility index (Phi) is 4.74. The Morgan fingerprint density at radius 2 is 1.76 bits per heavy atom. The highest BCUT2D eigenvalue weighted by molar-refractivity contribution is 5.88. The van der Waals surface area contributed by atoms with Crippen LogP contribution >= 0.6 is 0 Å². The molecule has 0 aromatic heterocycles. The van der Waals surface area contributed by atoms with Crippen molar-refractivity contribution in [2.24, 2.45) is 0 Å². The molecular formula is C20H21NO4. The second kappa shape index (κ2) is 6.97. The normalized spacial score (nSPS) is 17.5. The fourth-order valence-corrected chi connectivity index (χ4v) is 3.26. The van der Waals surface area contributed by atoms with Gasteiger partial charge >= 0.3 is 5.97 Å². The lowest BCUT2D eigenvalue weighted by molar-refractivity contribution is -0.151. The summed E-state index contributed by atoms with van der Waals surface area (Å²) in [5.74, 6) is -0.839. The molecule has 3 rings (SSSR count). The summed E-state index contributed by atoms with van der Waals surface area (Å²) in [4.78, 5) is 26.2. The van der Waals surface area contributed by atoms with E-state index in [0.717, 1.165) is 22.4 Å². The van der Waals surface area contributed by atoms with Crippen LogP contribution in [0.5, 0.6) is 5.75 Å². The van der Waals surface area contributed by atoms with Crippen molar-refractivity contribution < 1.29 is 19.4 Å². The molecule has 2 atom stereocenters. The molecule has 0 fully saturated rings. The molecule has 1 N–H and O–H groups in total. The summed E-state index contributed by atoms with van der Waals surface area (Å²) in [7, 11) is 1.59. The molecule has 2 unspecified atom stereocenters. The fourth-order valence-electron chi connectivity index (χ4n) is 3.26. The van der Waals surface area contributed by atoms with E-state index in [4.69, 9.17) is 4.74 Å². The van der Waals surface area contributed by atoms with Crippen molar-refractivity contribution in [3.8, 4) is 5.75 Å². The standard InChI is InChI=1S/C20H21NO4/c1-13(14-7-9-17(25-2)10-8-14)19(22)21-12-16-6-4-3-5-15(16)11-18(21)20(23)24/h3-10,13,18H,11-12H2,1-2H3,(H,23,24). The highest BCUT2D eigenvalue weighted by atomic mass is 16.5. The van der Waals surface area contributed by atoms with Crippen molar-refractivity contribution in [2.45, 2.75) is 31.8 Å². The summed E-state index contributed by atoms with van der Waals surface area (Å²) < 4.78 is 5.14. The molecule has 1 heterocycles. The highest BCUT2D eigenvalue weighted by Gasteiger charge is 2.36. The monoisotopic (exact) mass is 339 g/mol. The van der Waals surface area contributed by atoms with Crippen LogP contribution in [0, 0.1) is 0 Å². The van der Waals surface area contributed by atoms with Crippen LogP contribution in [-0.4, -0.2) is 35.0 Å². The molecule has 0 saturated heterocycles. The van der Waals surface area contributed by atoms with Crippen LogP contribution in [0.25, 0.3) is 0 Å². The van der Waals surface area contributed by atoms with Crippen molar-refractivity contribution in [1.82, 2.24) is 4.90 Å². The molecule has 0 aliphatic carbocycles. The molecule has 25 heavy (non-hydrogen) atoms. The van der Waals surface area contributed by atoms with Crippen molar-refractivity contribution in [3.63, 3.8) is 0 Å². The molecule has 1 aliphatic rings. The summed E-state index contributed by atoms with van der Waals surface area (Å²) in [6.07, 6.45) is 0.340. The zero-order chi connectivity index (χ0) is 18.0. The first-order valence-electron chi connectivity index (χ1n) is 8.25. The van der Waals surface area contributed by atoms with E-state index in [2.05, 4.69) is 0 Å². The molecule has 1 amide bonds. The van der Waals surface area contributed by atoms with Gasteiger partial charge in [-0.05, 0) is 35.7 Å². The maximum atomic E-state index is 13.0. The maximum absolute atomic E-state index is 13.0. The first kappa shape index (κ1) is 17.0. The summed E-state index contributed by atoms with van der Waals surface area (Å²) in [6, 6.07) is 14.2. The molecule has 5 nitrogen and oxygen atoms in total. The van der Waals surface area contributed by atoms with Gasteiger partial charge in [-0.2, -0.15) is 0 Å². The third-order valence-electron chi connectivity index (χ3n) is 4.80. The van der Waals surface area contributed by atoms with Gasteiger partial charge in [-0.1, -0.05) is 36.4 Å². The van der Waals surface area contributed by atoms with Gasteiger partial charge in [-0.15, -0.1) is 0 Å². The number of fused-ring (bicyclic) bond motifs is 1. The number of benzene rings is 2. The lowest BCUT2D eigenvalue weighted by Crippen LogP contribution is -2.49. The number of nitrogens with zero attached hydrogens (tertiary/aromatic N) is 1. The molecule has 0 radical (unpaired) electrons. The molecule has 5 heteroatoms. The van der Waals surface area contributed by atoms with Crippen LogP contribution in [0.15, 0.2) is 48.5 Å². The number of carboxylic acid groups (broad SMARTS) is 1. The van der Waals surface area contributed by atoms with E-state index in [9.17, 15) is 14.7 Å². The number of carboxylic acids is 1. The topological polar surface area (TPSA) is 66.8 Å². The van der Waals surface area contributed by atoms with E-state index >= 15 is 0 Å². The number of hydrogen-bond donors (Lipinski definition) is 1. The van der Waals surface area contributed by atoms with Gasteiger partial charge in [0.1, 0.15) is 11.8 Å². The zero-order valence-corrected chi connectivity index (χ0v) is 14.3. The van der Waals surface area contributed by atoms with Crippen molar-refractivity contribution in [3.05, 3.63) is 65.2 Å². The number of carbonyl (C=O) groups is 2. The number of methoxy groups -OCH3 is 1. The van der Waals surface area contributed by atoms with E-state index in [0.29, 0.717) is 13.0 Å². The van der Waals surface area contributed by atoms with E-state index < -0.39 is 17.9 Å². The summed E-state index contributed by atoms with van der Waals surface area (Å²) in [6.45, 7) is 2.13. The van der Waals surface area contributed by atoms with Gasteiger partial charge in [0.2, 0.25) is 5.91 Å². The predicted octanol–water partition coefficient (Wildman–Crippen LogP) is 2.84. The number of hydrogen-bond acceptors (Lipinski definition) is 3. The number of amides is 1. The van der Waals surface area contributed by atoms with Gasteiger partial charge in [-0.25, -0.2) is 4.79 Å². The molecule has 130 valence electrons. The average Bonchev–Trinajstić information content (AvgIpc) is 2.65. The lowest BCUT2D eigenvalue weighted by atomic mass is 9.91. The lowest BCUT2D eigenvalue weighted by Gasteiger charge is -2.36. The van der Waals surface area contributed by atoms with Gasteiger partial charge < -0.3 is 14.7 Å². The van der Waals surface area contributed by atoms with Crippen molar-refractivity contribution >= 4 is 11.9 Å². The first-order valence-corrected chi connectivity index (χ1v) is 8.25. The first-order chi connectivity index (χ1) is 12.0. The largest absolute Gasteiger partial charge is 0.497 e. The van der Waals surface area contributed by atoms with Gasteiger partial charge in [0, 0.05) is 13.0 Å². The Morgan fingerprint density at radius 3 is 2.36 bits per heavy atom. The van der Waals surface area contributed by atoms with Gasteiger partial charge in [0.15, 0.2) is 0 Å². The molecule has 0 saturated carbocycles. The minimum atomic E-state index is -0.968. The molecule has 2 aromatic rings. The number of rotatable bonds is 4. The zero-order valence-electron chi connectivity index (χ0n) is 14.3. The minimum absolute atomic E-state index is 0.174. The van der Waals surface area contributed by atoms with Crippen molar-refractivity contribution in [1.29, 1.82) is 0 Å². The Bertz CT molecular complexity index is 785. The maximum Gasteiger partial charge on any atom is 0.326 e. The SMILES string of the molecule is COc1ccc(C(C)C(=O)N2Cc3ccccc3CC2C(=O)O)cc1. The molecule has 2 aromatic carbocycles. The average molecular weight is 339 g/mol. The van der Waals surface area contributed by atoms with E-state index in [1.54, 1.807) is 19.2 Å². The van der Waals surface area contributed by atoms with E-state index in [1.165, 1.54) is 4.90 Å². The van der Waals surface area contributed by atoms with Crippen LogP contribution < -0.4 is 4.74 Å². The highest BCUT2D eigenvalue weighted by Crippen LogP contribution is 2.28. The Balaban J connectivity index is 1.87. The van der Waals surface area contributed by atoms with E-state index in [-0.39, 0.29) is 5.91 Å². The Morgan fingerprint density at radius 1 is 1.12 bits per heavy atom. The van der Waals surface area contributed by atoms with E-state index in [1.807, 2.05) is 43.3 Å². The number of aliphatic carboxylic acids is 1. The Hall–Kier alpha value is -2.82. The van der Waals surface area contributed by atoms with Crippen molar-refractivity contribution in [2.75, 3.05) is 7.11 Å². The van der Waals surface area contributed by atoms with Crippen LogP contribution in [0.3, 0.4) is 0 Å². The quantitative estimate of drug-likeness (QED) is 0.930. The summed E-state index contributed by atoms with van der Waals surface area (Å²) in [5, 5.41) is 9.59. The Labute approximate surface area is 146 Å². The van der Waals surface area contributed by atoms with Crippen LogP contribution in [-0.2, 0) is 22.6 Å². The molecule has 0 bridgehead atoms. The smallest absolute Gasteiger partial charge is 0.326 e. The van der Waals surface area contributed by atoms with Crippen LogP contribution in [0.1, 0.15) is 29.5 Å². The minimum Gasteiger partial charge on any atom is -0.497 e. The molecule has 1 aliphatic heterocycles. The second-order valence-electron chi connectivity index (χ2n) is 6.29. The fraction of sp³-hybridized carbons (Fsp3) is 0.300. The second-order valence-corrected chi connectivity index (χ2v) is 6.29. The third kappa shape index (κ3) is 3.36.